The van der Waals surface area contributed by atoms with Crippen LogP contribution >= 0.6 is 0 Å². The predicted molar refractivity (Wildman–Crippen MR) is 87.4 cm³/mol. The molecular formula is C17H27N3O. The second-order valence-corrected chi connectivity index (χ2v) is 6.16. The molecule has 1 heterocycles. The molecule has 0 aliphatic carbocycles. The maximum Gasteiger partial charge on any atom is 0.238 e. The van der Waals surface area contributed by atoms with Gasteiger partial charge in [-0.1, -0.05) is 24.6 Å². The highest BCUT2D eigenvalue weighted by Gasteiger charge is 2.28. The van der Waals surface area contributed by atoms with E-state index in [0.29, 0.717) is 25.2 Å². The van der Waals surface area contributed by atoms with Crippen LogP contribution in [0.4, 0.5) is 5.69 Å². The summed E-state index contributed by atoms with van der Waals surface area (Å²) in [5.74, 6) is 0.0552. The lowest BCUT2D eigenvalue weighted by atomic mass is 9.96. The van der Waals surface area contributed by atoms with Crippen molar-refractivity contribution in [1.82, 2.24) is 4.90 Å². The molecule has 0 spiro atoms. The highest BCUT2D eigenvalue weighted by molar-refractivity contribution is 5.93. The molecule has 2 unspecified atom stereocenters. The van der Waals surface area contributed by atoms with Crippen molar-refractivity contribution in [3.63, 3.8) is 0 Å². The van der Waals surface area contributed by atoms with Gasteiger partial charge < -0.3 is 11.1 Å². The zero-order valence-electron chi connectivity index (χ0n) is 13.4. The second-order valence-electron chi connectivity index (χ2n) is 6.16. The van der Waals surface area contributed by atoms with Crippen molar-refractivity contribution in [2.24, 2.45) is 5.73 Å². The first-order valence-corrected chi connectivity index (χ1v) is 7.84. The zero-order valence-corrected chi connectivity index (χ0v) is 13.4. The van der Waals surface area contributed by atoms with Gasteiger partial charge in [0.15, 0.2) is 0 Å². The summed E-state index contributed by atoms with van der Waals surface area (Å²) in [7, 11) is 0. The Hall–Kier alpha value is -1.39. The number of carbonyl (C=O) groups is 1. The zero-order chi connectivity index (χ0) is 15.4. The summed E-state index contributed by atoms with van der Waals surface area (Å²) >= 11 is 0. The van der Waals surface area contributed by atoms with Gasteiger partial charge in [-0.25, -0.2) is 0 Å². The van der Waals surface area contributed by atoms with Crippen LogP contribution in [0.1, 0.15) is 37.3 Å². The Morgan fingerprint density at radius 1 is 1.33 bits per heavy atom. The molecule has 1 aromatic carbocycles. The Morgan fingerprint density at radius 3 is 2.62 bits per heavy atom. The quantitative estimate of drug-likeness (QED) is 0.895. The van der Waals surface area contributed by atoms with E-state index in [-0.39, 0.29) is 5.91 Å². The number of rotatable bonds is 4. The number of para-hydroxylation sites is 1. The molecule has 116 valence electrons. The molecule has 0 radical (unpaired) electrons. The summed E-state index contributed by atoms with van der Waals surface area (Å²) in [6.07, 6.45) is 3.45. The summed E-state index contributed by atoms with van der Waals surface area (Å²) in [4.78, 5) is 14.7. The fourth-order valence-corrected chi connectivity index (χ4v) is 3.24. The number of nitrogens with zero attached hydrogens (tertiary/aromatic N) is 1. The first-order valence-electron chi connectivity index (χ1n) is 7.84. The molecule has 0 saturated carbocycles. The van der Waals surface area contributed by atoms with Gasteiger partial charge in [0.25, 0.3) is 0 Å². The van der Waals surface area contributed by atoms with Gasteiger partial charge in [0, 0.05) is 24.3 Å². The molecule has 1 amide bonds. The number of nitrogens with two attached hydrogens (primary N) is 1. The number of aryl methyl sites for hydroxylation is 2. The minimum Gasteiger partial charge on any atom is -0.329 e. The molecule has 0 bridgehead atoms. The number of hydrogen-bond acceptors (Lipinski definition) is 3. The van der Waals surface area contributed by atoms with Gasteiger partial charge >= 0.3 is 0 Å². The molecule has 2 atom stereocenters. The summed E-state index contributed by atoms with van der Waals surface area (Å²) in [5, 5.41) is 3.07. The van der Waals surface area contributed by atoms with Crippen LogP contribution in [0.5, 0.6) is 0 Å². The molecule has 0 aromatic heterocycles. The third-order valence-electron chi connectivity index (χ3n) is 4.54. The Bertz CT molecular complexity index is 481. The van der Waals surface area contributed by atoms with Crippen molar-refractivity contribution in [2.45, 2.75) is 52.1 Å². The Morgan fingerprint density at radius 2 is 2.00 bits per heavy atom. The number of piperidine rings is 1. The van der Waals surface area contributed by atoms with Gasteiger partial charge in [-0.05, 0) is 44.7 Å². The molecular weight excluding hydrogens is 262 g/mol. The van der Waals surface area contributed by atoms with Crippen molar-refractivity contribution in [1.29, 1.82) is 0 Å². The second kappa shape index (κ2) is 7.05. The van der Waals surface area contributed by atoms with Crippen molar-refractivity contribution >= 4 is 11.6 Å². The van der Waals surface area contributed by atoms with Gasteiger partial charge in [0.1, 0.15) is 0 Å². The SMILES string of the molecule is Cc1cccc(C)c1NC(=O)CN1C(C)CCCC1CN. The van der Waals surface area contributed by atoms with Crippen molar-refractivity contribution in [3.05, 3.63) is 29.3 Å². The first-order chi connectivity index (χ1) is 10.0. The summed E-state index contributed by atoms with van der Waals surface area (Å²) in [5.41, 5.74) is 9.00. The van der Waals surface area contributed by atoms with Crippen molar-refractivity contribution in [2.75, 3.05) is 18.4 Å². The molecule has 1 saturated heterocycles. The molecule has 1 aliphatic rings. The molecule has 2 rings (SSSR count). The van der Waals surface area contributed by atoms with Gasteiger partial charge in [-0.15, -0.1) is 0 Å². The highest BCUT2D eigenvalue weighted by Crippen LogP contribution is 2.23. The first kappa shape index (κ1) is 16.0. The van der Waals surface area contributed by atoms with Crippen LogP contribution in [-0.4, -0.2) is 36.0 Å². The van der Waals surface area contributed by atoms with E-state index in [1.165, 1.54) is 6.42 Å². The molecule has 1 fully saturated rings. The van der Waals surface area contributed by atoms with E-state index in [4.69, 9.17) is 5.73 Å². The Labute approximate surface area is 127 Å². The van der Waals surface area contributed by atoms with Crippen LogP contribution < -0.4 is 11.1 Å². The molecule has 21 heavy (non-hydrogen) atoms. The van der Waals surface area contributed by atoms with Crippen molar-refractivity contribution in [3.8, 4) is 0 Å². The van der Waals surface area contributed by atoms with Gasteiger partial charge in [0.2, 0.25) is 5.91 Å². The number of likely N-dealkylation sites (tertiary alicyclic amines) is 1. The normalized spacial score (nSPS) is 23.0. The van der Waals surface area contributed by atoms with Crippen LogP contribution in [-0.2, 0) is 4.79 Å². The summed E-state index contributed by atoms with van der Waals surface area (Å²) in [6, 6.07) is 6.81. The van der Waals surface area contributed by atoms with E-state index in [9.17, 15) is 4.79 Å². The maximum absolute atomic E-state index is 12.4. The number of hydrogen-bond donors (Lipinski definition) is 2. The minimum absolute atomic E-state index is 0.0552. The lowest BCUT2D eigenvalue weighted by molar-refractivity contribution is -0.118. The third-order valence-corrected chi connectivity index (χ3v) is 4.54. The summed E-state index contributed by atoms with van der Waals surface area (Å²) < 4.78 is 0. The molecule has 4 heteroatoms. The predicted octanol–water partition coefficient (Wildman–Crippen LogP) is 2.44. The van der Waals surface area contributed by atoms with Gasteiger partial charge in [0.05, 0.1) is 6.54 Å². The topological polar surface area (TPSA) is 58.4 Å². The molecule has 3 N–H and O–H groups in total. The number of anilines is 1. The van der Waals surface area contributed by atoms with Crippen LogP contribution in [0.15, 0.2) is 18.2 Å². The van der Waals surface area contributed by atoms with E-state index in [2.05, 4.69) is 17.1 Å². The van der Waals surface area contributed by atoms with Gasteiger partial charge in [-0.2, -0.15) is 0 Å². The van der Waals surface area contributed by atoms with Gasteiger partial charge in [-0.3, -0.25) is 9.69 Å². The number of benzene rings is 1. The van der Waals surface area contributed by atoms with E-state index >= 15 is 0 Å². The number of nitrogens with one attached hydrogen (secondary N) is 1. The van der Waals surface area contributed by atoms with Crippen molar-refractivity contribution < 1.29 is 4.79 Å². The van der Waals surface area contributed by atoms with Crippen LogP contribution in [0.2, 0.25) is 0 Å². The monoisotopic (exact) mass is 289 g/mol. The fraction of sp³-hybridized carbons (Fsp3) is 0.588. The summed E-state index contributed by atoms with van der Waals surface area (Å²) in [6.45, 7) is 7.29. The van der Waals surface area contributed by atoms with E-state index in [1.807, 2.05) is 32.0 Å². The third kappa shape index (κ3) is 3.83. The van der Waals surface area contributed by atoms with Crippen LogP contribution in [0.25, 0.3) is 0 Å². The molecule has 1 aromatic rings. The lowest BCUT2D eigenvalue weighted by Gasteiger charge is -2.39. The van der Waals surface area contributed by atoms with E-state index < -0.39 is 0 Å². The average molecular weight is 289 g/mol. The standard InChI is InChI=1S/C17H27N3O/c1-12-6-4-7-13(2)17(12)19-16(21)11-20-14(3)8-5-9-15(20)10-18/h4,6-7,14-15H,5,8-11,18H2,1-3H3,(H,19,21). The van der Waals surface area contributed by atoms with Crippen LogP contribution in [0.3, 0.4) is 0 Å². The van der Waals surface area contributed by atoms with Crippen LogP contribution in [0, 0.1) is 13.8 Å². The smallest absolute Gasteiger partial charge is 0.238 e. The number of carbonyl (C=O) groups excluding carboxylic acids is 1. The highest BCUT2D eigenvalue weighted by atomic mass is 16.2. The Balaban J connectivity index is 2.03. The number of amides is 1. The Kier molecular flexibility index (Phi) is 5.37. The maximum atomic E-state index is 12.4. The van der Waals surface area contributed by atoms with E-state index in [0.717, 1.165) is 29.7 Å². The molecule has 1 aliphatic heterocycles. The average Bonchev–Trinajstić information content (AvgIpc) is 2.45. The largest absolute Gasteiger partial charge is 0.329 e. The minimum atomic E-state index is 0.0552. The fourth-order valence-electron chi connectivity index (χ4n) is 3.24. The molecule has 4 nitrogen and oxygen atoms in total. The van der Waals surface area contributed by atoms with E-state index in [1.54, 1.807) is 0 Å². The lowest BCUT2D eigenvalue weighted by Crippen LogP contribution is -2.51.